The maximum absolute atomic E-state index is 12.7. The van der Waals surface area contributed by atoms with Gasteiger partial charge < -0.3 is 9.80 Å². The van der Waals surface area contributed by atoms with Crippen molar-refractivity contribution < 1.29 is 18.0 Å². The van der Waals surface area contributed by atoms with E-state index < -0.39 is 16.1 Å². The van der Waals surface area contributed by atoms with Gasteiger partial charge in [0, 0.05) is 26.2 Å². The van der Waals surface area contributed by atoms with Gasteiger partial charge in [0.15, 0.2) is 0 Å². The topological polar surface area (TPSA) is 78.0 Å². The Kier molecular flexibility index (Phi) is 5.48. The minimum atomic E-state index is -3.61. The number of anilines is 1. The molecule has 1 unspecified atom stereocenters. The smallest absolute Gasteiger partial charge is 0.246 e. The maximum Gasteiger partial charge on any atom is 0.246 e. The van der Waals surface area contributed by atoms with Crippen molar-refractivity contribution in [2.75, 3.05) is 36.7 Å². The molecule has 0 bridgehead atoms. The molecule has 7 nitrogen and oxygen atoms in total. The van der Waals surface area contributed by atoms with E-state index in [1.807, 2.05) is 19.1 Å². The lowest BCUT2D eigenvalue weighted by atomic mass is 10.2. The molecule has 1 saturated heterocycles. The summed E-state index contributed by atoms with van der Waals surface area (Å²) in [5.74, 6) is -0.258. The van der Waals surface area contributed by atoms with Crippen LogP contribution in [-0.2, 0) is 19.6 Å². The van der Waals surface area contributed by atoms with Gasteiger partial charge in [0.2, 0.25) is 22.3 Å². The lowest BCUT2D eigenvalue weighted by Gasteiger charge is -2.36. The van der Waals surface area contributed by atoms with E-state index >= 15 is 0 Å². The number of nitrogens with zero attached hydrogens (tertiary/aromatic N) is 3. The fraction of sp³-hybridized carbons (Fsp3) is 0.500. The van der Waals surface area contributed by atoms with E-state index in [0.717, 1.165) is 22.5 Å². The highest BCUT2D eigenvalue weighted by Crippen LogP contribution is 2.22. The highest BCUT2D eigenvalue weighted by Gasteiger charge is 2.33. The van der Waals surface area contributed by atoms with Crippen molar-refractivity contribution in [2.45, 2.75) is 19.9 Å². The number of carbonyl (C=O) groups excluding carboxylic acids is 2. The maximum atomic E-state index is 12.7. The quantitative estimate of drug-likeness (QED) is 0.720. The highest BCUT2D eigenvalue weighted by atomic mass is 32.2. The lowest BCUT2D eigenvalue weighted by Crippen LogP contribution is -2.55. The first-order valence-electron chi connectivity index (χ1n) is 7.78. The number of piperazine rings is 1. The summed E-state index contributed by atoms with van der Waals surface area (Å²) in [6.07, 6.45) is 1.86. The van der Waals surface area contributed by atoms with Crippen LogP contribution < -0.4 is 4.31 Å². The van der Waals surface area contributed by atoms with Crippen molar-refractivity contribution in [3.05, 3.63) is 29.8 Å². The van der Waals surface area contributed by atoms with Crippen LogP contribution in [0.15, 0.2) is 24.3 Å². The van der Waals surface area contributed by atoms with Crippen molar-refractivity contribution in [1.82, 2.24) is 9.80 Å². The average Bonchev–Trinajstić information content (AvgIpc) is 2.55. The Labute approximate surface area is 142 Å². The Bertz CT molecular complexity index is 695. The third-order valence-corrected chi connectivity index (χ3v) is 5.37. The van der Waals surface area contributed by atoms with Gasteiger partial charge in [-0.1, -0.05) is 17.7 Å². The second kappa shape index (κ2) is 7.21. The summed E-state index contributed by atoms with van der Waals surface area (Å²) in [6.45, 7) is 5.25. The van der Waals surface area contributed by atoms with E-state index in [-0.39, 0.29) is 5.91 Å². The predicted molar refractivity (Wildman–Crippen MR) is 92.2 cm³/mol. The van der Waals surface area contributed by atoms with Crippen molar-refractivity contribution in [3.63, 3.8) is 0 Å². The van der Waals surface area contributed by atoms with Gasteiger partial charge in [-0.25, -0.2) is 8.42 Å². The Hall–Kier alpha value is -2.09. The molecule has 1 heterocycles. The second-order valence-corrected chi connectivity index (χ2v) is 7.90. The Morgan fingerprint density at radius 3 is 2.17 bits per heavy atom. The SMILES string of the molecule is Cc1ccc(N(C(C)C(=O)N2CCN(C=O)CC2)S(C)(=O)=O)cc1. The fourth-order valence-electron chi connectivity index (χ4n) is 2.81. The van der Waals surface area contributed by atoms with Crippen LogP contribution in [0.4, 0.5) is 5.69 Å². The minimum Gasteiger partial charge on any atom is -0.342 e. The molecule has 0 N–H and O–H groups in total. The first-order chi connectivity index (χ1) is 11.2. The minimum absolute atomic E-state index is 0.258. The van der Waals surface area contributed by atoms with Crippen LogP contribution in [0.1, 0.15) is 12.5 Å². The summed E-state index contributed by atoms with van der Waals surface area (Å²) >= 11 is 0. The van der Waals surface area contributed by atoms with E-state index in [0.29, 0.717) is 31.9 Å². The third-order valence-electron chi connectivity index (χ3n) is 4.13. The molecule has 0 radical (unpaired) electrons. The number of rotatable bonds is 5. The van der Waals surface area contributed by atoms with Crippen molar-refractivity contribution in [2.24, 2.45) is 0 Å². The molecule has 1 fully saturated rings. The molecule has 1 aliphatic heterocycles. The van der Waals surface area contributed by atoms with E-state index in [1.54, 1.807) is 28.9 Å². The fourth-order valence-corrected chi connectivity index (χ4v) is 3.98. The Morgan fingerprint density at radius 2 is 1.71 bits per heavy atom. The molecule has 2 amide bonds. The van der Waals surface area contributed by atoms with Gasteiger partial charge in [0.25, 0.3) is 0 Å². The van der Waals surface area contributed by atoms with Gasteiger partial charge in [0.05, 0.1) is 11.9 Å². The molecule has 24 heavy (non-hydrogen) atoms. The molecule has 8 heteroatoms. The van der Waals surface area contributed by atoms with E-state index in [4.69, 9.17) is 0 Å². The third kappa shape index (κ3) is 4.05. The van der Waals surface area contributed by atoms with Crippen LogP contribution in [0.25, 0.3) is 0 Å². The number of benzene rings is 1. The van der Waals surface area contributed by atoms with Gasteiger partial charge >= 0.3 is 0 Å². The molecular weight excluding hydrogens is 330 g/mol. The first-order valence-corrected chi connectivity index (χ1v) is 9.63. The van der Waals surface area contributed by atoms with Crippen LogP contribution in [0.2, 0.25) is 0 Å². The molecule has 0 saturated carbocycles. The number of aryl methyl sites for hydroxylation is 1. The van der Waals surface area contributed by atoms with Crippen LogP contribution in [0.5, 0.6) is 0 Å². The zero-order valence-electron chi connectivity index (χ0n) is 14.2. The summed E-state index contributed by atoms with van der Waals surface area (Å²) in [6, 6.07) is 6.18. The lowest BCUT2D eigenvalue weighted by molar-refractivity contribution is -0.135. The van der Waals surface area contributed by atoms with Crippen molar-refractivity contribution in [1.29, 1.82) is 0 Å². The van der Waals surface area contributed by atoms with Gasteiger partial charge in [-0.15, -0.1) is 0 Å². The van der Waals surface area contributed by atoms with Crippen molar-refractivity contribution in [3.8, 4) is 0 Å². The molecule has 0 spiro atoms. The second-order valence-electron chi connectivity index (χ2n) is 6.04. The number of carbonyl (C=O) groups is 2. The largest absolute Gasteiger partial charge is 0.342 e. The van der Waals surface area contributed by atoms with E-state index in [9.17, 15) is 18.0 Å². The summed E-state index contributed by atoms with van der Waals surface area (Å²) in [5.41, 5.74) is 1.48. The Morgan fingerprint density at radius 1 is 1.17 bits per heavy atom. The zero-order chi connectivity index (χ0) is 17.9. The molecular formula is C16H23N3O4S. The molecule has 2 rings (SSSR count). The average molecular weight is 353 g/mol. The van der Waals surface area contributed by atoms with Gasteiger partial charge in [-0.2, -0.15) is 0 Å². The number of amides is 2. The summed E-state index contributed by atoms with van der Waals surface area (Å²) in [7, 11) is -3.61. The first kappa shape index (κ1) is 18.3. The number of hydrogen-bond donors (Lipinski definition) is 0. The monoisotopic (exact) mass is 353 g/mol. The molecule has 1 atom stereocenters. The summed E-state index contributed by atoms with van der Waals surface area (Å²) in [4.78, 5) is 26.7. The van der Waals surface area contributed by atoms with Gasteiger partial charge in [-0.05, 0) is 26.0 Å². The summed E-state index contributed by atoms with van der Waals surface area (Å²) in [5, 5.41) is 0. The molecule has 1 aromatic rings. The number of sulfonamides is 1. The van der Waals surface area contributed by atoms with E-state index in [1.165, 1.54) is 0 Å². The standard InChI is InChI=1S/C16H23N3O4S/c1-13-4-6-15(7-5-13)19(24(3,22)23)14(2)16(21)18-10-8-17(12-20)9-11-18/h4-7,12,14H,8-11H2,1-3H3. The van der Waals surface area contributed by atoms with Gasteiger partial charge in [-0.3, -0.25) is 13.9 Å². The molecule has 1 aromatic carbocycles. The molecule has 0 aromatic heterocycles. The number of hydrogen-bond acceptors (Lipinski definition) is 4. The van der Waals surface area contributed by atoms with Crippen LogP contribution in [-0.4, -0.2) is 69.0 Å². The molecule has 0 aliphatic carbocycles. The highest BCUT2D eigenvalue weighted by molar-refractivity contribution is 7.92. The zero-order valence-corrected chi connectivity index (χ0v) is 15.0. The summed E-state index contributed by atoms with van der Waals surface area (Å²) < 4.78 is 25.6. The molecule has 1 aliphatic rings. The Balaban J connectivity index is 2.22. The normalized spacial score (nSPS) is 16.6. The van der Waals surface area contributed by atoms with Crippen LogP contribution in [0.3, 0.4) is 0 Å². The van der Waals surface area contributed by atoms with Crippen LogP contribution >= 0.6 is 0 Å². The van der Waals surface area contributed by atoms with Crippen LogP contribution in [0, 0.1) is 6.92 Å². The molecule has 132 valence electrons. The van der Waals surface area contributed by atoms with Gasteiger partial charge in [0.1, 0.15) is 6.04 Å². The predicted octanol–water partition coefficient (Wildman–Crippen LogP) is 0.450. The van der Waals surface area contributed by atoms with E-state index in [2.05, 4.69) is 0 Å². The van der Waals surface area contributed by atoms with Crippen molar-refractivity contribution >= 4 is 28.0 Å².